The molecule has 0 atom stereocenters. The van der Waals surface area contributed by atoms with E-state index in [1.807, 2.05) is 24.3 Å². The number of amides is 1. The molecule has 2 heterocycles. The number of ether oxygens (including phenoxy) is 1. The summed E-state index contributed by atoms with van der Waals surface area (Å²) in [4.78, 5) is 21.8. The molecule has 0 unspecified atom stereocenters. The Balaban J connectivity index is 1.52. The third kappa shape index (κ3) is 4.93. The summed E-state index contributed by atoms with van der Waals surface area (Å²) in [5, 5.41) is 7.35. The molecule has 1 fully saturated rings. The number of pyridine rings is 1. The Bertz CT molecular complexity index is 980. The zero-order valence-corrected chi connectivity index (χ0v) is 17.8. The summed E-state index contributed by atoms with van der Waals surface area (Å²) in [6, 6.07) is 11.0. The number of nitrogens with one attached hydrogen (secondary N) is 1. The van der Waals surface area contributed by atoms with Gasteiger partial charge in [-0.1, -0.05) is 37.8 Å². The average Bonchev–Trinajstić information content (AvgIpc) is 3.32. The highest BCUT2D eigenvalue weighted by Crippen LogP contribution is 2.37. The molecule has 3 aromatic rings. The quantitative estimate of drug-likeness (QED) is 0.521. The lowest BCUT2D eigenvalue weighted by Crippen LogP contribution is -2.47. The van der Waals surface area contributed by atoms with Crippen molar-refractivity contribution in [3.8, 4) is 17.1 Å². The highest BCUT2D eigenvalue weighted by Gasteiger charge is 2.41. The maximum Gasteiger partial charge on any atom is 0.252 e. The summed E-state index contributed by atoms with van der Waals surface area (Å²) in [5.41, 5.74) is 0.715. The van der Waals surface area contributed by atoms with Gasteiger partial charge in [0.05, 0.1) is 6.61 Å². The lowest BCUT2D eigenvalue weighted by molar-refractivity contribution is 0.0824. The van der Waals surface area contributed by atoms with Crippen molar-refractivity contribution in [2.45, 2.75) is 57.4 Å². The van der Waals surface area contributed by atoms with Crippen LogP contribution in [0.25, 0.3) is 11.4 Å². The van der Waals surface area contributed by atoms with Crippen LogP contribution in [0.2, 0.25) is 0 Å². The van der Waals surface area contributed by atoms with Gasteiger partial charge < -0.3 is 14.6 Å². The van der Waals surface area contributed by atoms with Crippen molar-refractivity contribution in [2.75, 3.05) is 6.61 Å². The maximum absolute atomic E-state index is 13.1. The normalized spacial score (nSPS) is 15.4. The predicted octanol–water partition coefficient (Wildman–Crippen LogP) is 4.90. The fourth-order valence-corrected chi connectivity index (χ4v) is 3.90. The molecule has 31 heavy (non-hydrogen) atoms. The van der Waals surface area contributed by atoms with Crippen LogP contribution in [-0.2, 0) is 5.54 Å². The number of rotatable bonds is 8. The highest BCUT2D eigenvalue weighted by molar-refractivity contribution is 5.94. The predicted molar refractivity (Wildman–Crippen MR) is 117 cm³/mol. The third-order valence-electron chi connectivity index (χ3n) is 5.70. The minimum Gasteiger partial charge on any atom is -0.494 e. The Kier molecular flexibility index (Phi) is 6.60. The maximum atomic E-state index is 13.1. The molecule has 0 bridgehead atoms. The van der Waals surface area contributed by atoms with Gasteiger partial charge in [0, 0.05) is 23.5 Å². The van der Waals surface area contributed by atoms with Crippen LogP contribution in [0.15, 0.2) is 53.3 Å². The van der Waals surface area contributed by atoms with Gasteiger partial charge >= 0.3 is 0 Å². The second-order valence-electron chi connectivity index (χ2n) is 7.99. The van der Waals surface area contributed by atoms with Crippen LogP contribution < -0.4 is 10.1 Å². The van der Waals surface area contributed by atoms with Crippen LogP contribution in [0, 0.1) is 0 Å². The summed E-state index contributed by atoms with van der Waals surface area (Å²) in [6.07, 6.45) is 10.2. The first kappa shape index (κ1) is 21.0. The van der Waals surface area contributed by atoms with E-state index in [9.17, 15) is 4.79 Å². The molecular formula is C24H28N4O3. The summed E-state index contributed by atoms with van der Waals surface area (Å²) < 4.78 is 11.3. The van der Waals surface area contributed by atoms with Gasteiger partial charge in [0.2, 0.25) is 5.82 Å². The number of carbonyl (C=O) groups is 1. The van der Waals surface area contributed by atoms with Crippen LogP contribution in [0.4, 0.5) is 0 Å². The molecule has 7 nitrogen and oxygen atoms in total. The molecule has 1 aliphatic rings. The van der Waals surface area contributed by atoms with E-state index in [4.69, 9.17) is 9.26 Å². The van der Waals surface area contributed by atoms with Crippen LogP contribution in [0.5, 0.6) is 5.75 Å². The van der Waals surface area contributed by atoms with E-state index in [1.165, 1.54) is 0 Å². The molecule has 1 aliphatic carbocycles. The minimum absolute atomic E-state index is 0.150. The van der Waals surface area contributed by atoms with E-state index in [0.717, 1.165) is 56.3 Å². The number of unbranched alkanes of at least 4 members (excludes halogenated alkanes) is 1. The van der Waals surface area contributed by atoms with Crippen molar-refractivity contribution >= 4 is 5.91 Å². The molecule has 4 rings (SSSR count). The van der Waals surface area contributed by atoms with Crippen molar-refractivity contribution in [2.24, 2.45) is 0 Å². The first-order valence-corrected chi connectivity index (χ1v) is 11.0. The van der Waals surface area contributed by atoms with Gasteiger partial charge in [0.25, 0.3) is 11.8 Å². The number of carbonyl (C=O) groups excluding carboxylic acids is 1. The Morgan fingerprint density at radius 1 is 1.16 bits per heavy atom. The number of benzene rings is 1. The van der Waals surface area contributed by atoms with Gasteiger partial charge in [-0.25, -0.2) is 0 Å². The largest absolute Gasteiger partial charge is 0.494 e. The second-order valence-corrected chi connectivity index (χ2v) is 7.99. The Labute approximate surface area is 182 Å². The molecule has 7 heteroatoms. The van der Waals surface area contributed by atoms with Gasteiger partial charge in [-0.3, -0.25) is 9.78 Å². The molecule has 0 saturated heterocycles. The van der Waals surface area contributed by atoms with E-state index in [2.05, 4.69) is 27.4 Å². The highest BCUT2D eigenvalue weighted by atomic mass is 16.5. The van der Waals surface area contributed by atoms with Gasteiger partial charge in [0.15, 0.2) is 0 Å². The second kappa shape index (κ2) is 9.73. The molecule has 1 saturated carbocycles. The fourth-order valence-electron chi connectivity index (χ4n) is 3.90. The minimum atomic E-state index is -0.654. The first-order chi connectivity index (χ1) is 15.2. The van der Waals surface area contributed by atoms with Gasteiger partial charge in [0.1, 0.15) is 11.3 Å². The molecule has 0 spiro atoms. The van der Waals surface area contributed by atoms with E-state index < -0.39 is 5.54 Å². The van der Waals surface area contributed by atoms with Crippen LogP contribution >= 0.6 is 0 Å². The fraction of sp³-hybridized carbons (Fsp3) is 0.417. The molecule has 0 aliphatic heterocycles. The Morgan fingerprint density at radius 2 is 1.97 bits per heavy atom. The van der Waals surface area contributed by atoms with Crippen molar-refractivity contribution in [3.05, 3.63) is 60.2 Å². The molecule has 1 aromatic carbocycles. The van der Waals surface area contributed by atoms with Crippen molar-refractivity contribution in [1.29, 1.82) is 0 Å². The summed E-state index contributed by atoms with van der Waals surface area (Å²) >= 11 is 0. The zero-order chi connectivity index (χ0) is 21.5. The van der Waals surface area contributed by atoms with E-state index in [-0.39, 0.29) is 5.91 Å². The standard InChI is InChI=1S/C24H28N4O3/c1-2-3-16-30-20-11-9-18(10-12-20)22(29)27-24(13-5-4-6-14-24)23-26-21(28-31-23)19-8-7-15-25-17-19/h7-12,15,17H,2-6,13-14,16H2,1H3,(H,27,29). The van der Waals surface area contributed by atoms with Gasteiger partial charge in [-0.15, -0.1) is 0 Å². The van der Waals surface area contributed by atoms with Crippen molar-refractivity contribution < 1.29 is 14.1 Å². The summed E-state index contributed by atoms with van der Waals surface area (Å²) in [7, 11) is 0. The molecule has 1 amide bonds. The smallest absolute Gasteiger partial charge is 0.252 e. The zero-order valence-electron chi connectivity index (χ0n) is 17.8. The molecule has 0 radical (unpaired) electrons. The molecule has 2 aromatic heterocycles. The van der Waals surface area contributed by atoms with Crippen molar-refractivity contribution in [1.82, 2.24) is 20.4 Å². The number of nitrogens with zero attached hydrogens (tertiary/aromatic N) is 3. The lowest BCUT2D eigenvalue weighted by Gasteiger charge is -2.34. The number of aromatic nitrogens is 3. The first-order valence-electron chi connectivity index (χ1n) is 11.0. The number of hydrogen-bond acceptors (Lipinski definition) is 6. The third-order valence-corrected chi connectivity index (χ3v) is 5.70. The van der Waals surface area contributed by atoms with Crippen LogP contribution in [0.1, 0.15) is 68.1 Å². The monoisotopic (exact) mass is 420 g/mol. The lowest BCUT2D eigenvalue weighted by atomic mass is 9.81. The molecule has 1 N–H and O–H groups in total. The van der Waals surface area contributed by atoms with Gasteiger partial charge in [-0.2, -0.15) is 4.98 Å². The topological polar surface area (TPSA) is 90.1 Å². The Morgan fingerprint density at radius 3 is 2.68 bits per heavy atom. The molecule has 162 valence electrons. The van der Waals surface area contributed by atoms with Crippen LogP contribution in [-0.4, -0.2) is 27.6 Å². The van der Waals surface area contributed by atoms with E-state index in [1.54, 1.807) is 24.5 Å². The van der Waals surface area contributed by atoms with E-state index >= 15 is 0 Å². The summed E-state index contributed by atoms with van der Waals surface area (Å²) in [5.74, 6) is 1.56. The van der Waals surface area contributed by atoms with Crippen molar-refractivity contribution in [3.63, 3.8) is 0 Å². The summed E-state index contributed by atoms with van der Waals surface area (Å²) in [6.45, 7) is 2.81. The van der Waals surface area contributed by atoms with Gasteiger partial charge in [-0.05, 0) is 55.7 Å². The SMILES string of the molecule is CCCCOc1ccc(C(=O)NC2(c3nc(-c4cccnc4)no3)CCCCC2)cc1. The molecular weight excluding hydrogens is 392 g/mol. The Hall–Kier alpha value is -3.22. The number of hydrogen-bond donors (Lipinski definition) is 1. The van der Waals surface area contributed by atoms with E-state index in [0.29, 0.717) is 23.9 Å². The van der Waals surface area contributed by atoms with Crippen LogP contribution in [0.3, 0.4) is 0 Å². The average molecular weight is 421 g/mol.